The number of hydrogen-bond acceptors (Lipinski definition) is 3. The van der Waals surface area contributed by atoms with Gasteiger partial charge >= 0.3 is 5.97 Å². The number of carboxylic acid groups (broad SMARTS) is 1. The highest BCUT2D eigenvalue weighted by atomic mass is 16.4. The molecule has 0 saturated carbocycles. The average Bonchev–Trinajstić information content (AvgIpc) is 2.45. The fraction of sp³-hybridized carbons (Fsp3) is 0.471. The minimum absolute atomic E-state index is 0.214. The molecule has 0 aromatic heterocycles. The molecule has 2 atom stereocenters. The van der Waals surface area contributed by atoms with Gasteiger partial charge in [-0.15, -0.1) is 0 Å². The van der Waals surface area contributed by atoms with Crippen LogP contribution in [0.25, 0.3) is 0 Å². The Kier molecular flexibility index (Phi) is 5.90. The number of carbonyl (C=O) groups is 3. The molecule has 6 nitrogen and oxygen atoms in total. The highest BCUT2D eigenvalue weighted by Crippen LogP contribution is 2.19. The van der Waals surface area contributed by atoms with E-state index in [0.29, 0.717) is 11.3 Å². The molecule has 23 heavy (non-hydrogen) atoms. The van der Waals surface area contributed by atoms with Crippen molar-refractivity contribution in [1.29, 1.82) is 0 Å². The third-order valence-electron chi connectivity index (χ3n) is 3.45. The lowest BCUT2D eigenvalue weighted by molar-refractivity contribution is -0.138. The largest absolute Gasteiger partial charge is 0.481 e. The van der Waals surface area contributed by atoms with Crippen LogP contribution in [0, 0.1) is 5.41 Å². The Morgan fingerprint density at radius 1 is 1.13 bits per heavy atom. The molecule has 1 aromatic rings. The summed E-state index contributed by atoms with van der Waals surface area (Å²) in [4.78, 5) is 35.1. The normalized spacial score (nSPS) is 13.8. The number of anilines is 1. The number of aliphatic carboxylic acids is 1. The smallest absolute Gasteiger partial charge is 0.310 e. The lowest BCUT2D eigenvalue weighted by Crippen LogP contribution is -2.46. The van der Waals surface area contributed by atoms with Gasteiger partial charge in [-0.3, -0.25) is 14.4 Å². The maximum absolute atomic E-state index is 12.1. The van der Waals surface area contributed by atoms with E-state index < -0.39 is 23.3 Å². The second-order valence-corrected chi connectivity index (χ2v) is 6.62. The van der Waals surface area contributed by atoms with Crippen molar-refractivity contribution < 1.29 is 19.5 Å². The van der Waals surface area contributed by atoms with Gasteiger partial charge in [-0.1, -0.05) is 32.9 Å². The molecule has 1 aromatic carbocycles. The molecule has 0 aliphatic heterocycles. The summed E-state index contributed by atoms with van der Waals surface area (Å²) in [5, 5.41) is 14.4. The molecule has 0 spiro atoms. The Morgan fingerprint density at radius 3 is 2.26 bits per heavy atom. The molecule has 0 saturated heterocycles. The van der Waals surface area contributed by atoms with Gasteiger partial charge in [0.15, 0.2) is 0 Å². The number of nitrogens with one attached hydrogen (secondary N) is 2. The Labute approximate surface area is 136 Å². The molecule has 2 unspecified atom stereocenters. The van der Waals surface area contributed by atoms with Gasteiger partial charge < -0.3 is 15.7 Å². The van der Waals surface area contributed by atoms with Gasteiger partial charge in [0.05, 0.1) is 5.92 Å². The number of carboxylic acids is 1. The molecule has 0 radical (unpaired) electrons. The Hall–Kier alpha value is -2.37. The van der Waals surface area contributed by atoms with E-state index in [-0.39, 0.29) is 11.8 Å². The lowest BCUT2D eigenvalue weighted by Gasteiger charge is -2.21. The summed E-state index contributed by atoms with van der Waals surface area (Å²) in [6.07, 6.45) is 0. The molecule has 2 amide bonds. The van der Waals surface area contributed by atoms with Crippen LogP contribution in [-0.2, 0) is 14.4 Å². The third-order valence-corrected chi connectivity index (χ3v) is 3.45. The molecule has 1 rings (SSSR count). The van der Waals surface area contributed by atoms with Gasteiger partial charge in [-0.2, -0.15) is 0 Å². The molecule has 126 valence electrons. The van der Waals surface area contributed by atoms with Crippen molar-refractivity contribution in [3.63, 3.8) is 0 Å². The SMILES string of the molecule is CC(NC(=O)C(C)(C)C)C(=O)Nc1cccc(C(C)C(=O)O)c1. The van der Waals surface area contributed by atoms with Crippen molar-refractivity contribution in [2.24, 2.45) is 5.41 Å². The van der Waals surface area contributed by atoms with Crippen LogP contribution in [0.5, 0.6) is 0 Å². The van der Waals surface area contributed by atoms with Gasteiger partial charge in [-0.05, 0) is 31.5 Å². The Morgan fingerprint density at radius 2 is 1.74 bits per heavy atom. The van der Waals surface area contributed by atoms with Crippen LogP contribution >= 0.6 is 0 Å². The standard InChI is InChI=1S/C17H24N2O4/c1-10(15(21)22)12-7-6-8-13(9-12)19-14(20)11(2)18-16(23)17(3,4)5/h6-11H,1-5H3,(H,18,23)(H,19,20)(H,21,22). The molecule has 0 aliphatic carbocycles. The van der Waals surface area contributed by atoms with E-state index >= 15 is 0 Å². The van der Waals surface area contributed by atoms with E-state index in [1.165, 1.54) is 0 Å². The molecule has 0 bridgehead atoms. The van der Waals surface area contributed by atoms with Crippen molar-refractivity contribution in [3.8, 4) is 0 Å². The second-order valence-electron chi connectivity index (χ2n) is 6.62. The minimum Gasteiger partial charge on any atom is -0.481 e. The van der Waals surface area contributed by atoms with E-state index in [2.05, 4.69) is 10.6 Å². The molecular weight excluding hydrogens is 296 g/mol. The summed E-state index contributed by atoms with van der Waals surface area (Å²) in [5.74, 6) is -2.17. The van der Waals surface area contributed by atoms with Crippen molar-refractivity contribution >= 4 is 23.5 Å². The van der Waals surface area contributed by atoms with E-state index in [0.717, 1.165) is 0 Å². The fourth-order valence-electron chi connectivity index (χ4n) is 1.76. The summed E-state index contributed by atoms with van der Waals surface area (Å²) < 4.78 is 0. The summed E-state index contributed by atoms with van der Waals surface area (Å²) in [6, 6.07) is 5.98. The maximum atomic E-state index is 12.1. The topological polar surface area (TPSA) is 95.5 Å². The minimum atomic E-state index is -0.931. The van der Waals surface area contributed by atoms with Crippen LogP contribution in [-0.4, -0.2) is 28.9 Å². The van der Waals surface area contributed by atoms with Crippen LogP contribution in [0.3, 0.4) is 0 Å². The first-order valence-electron chi connectivity index (χ1n) is 7.47. The van der Waals surface area contributed by atoms with Gasteiger partial charge in [0.1, 0.15) is 6.04 Å². The van der Waals surface area contributed by atoms with Crippen molar-refractivity contribution in [2.75, 3.05) is 5.32 Å². The zero-order valence-electron chi connectivity index (χ0n) is 14.1. The molecule has 6 heteroatoms. The van der Waals surface area contributed by atoms with Gasteiger partial charge in [0.2, 0.25) is 11.8 Å². The first-order valence-corrected chi connectivity index (χ1v) is 7.47. The van der Waals surface area contributed by atoms with E-state index in [1.807, 2.05) is 0 Å². The highest BCUT2D eigenvalue weighted by Gasteiger charge is 2.25. The van der Waals surface area contributed by atoms with E-state index in [4.69, 9.17) is 5.11 Å². The quantitative estimate of drug-likeness (QED) is 0.776. The van der Waals surface area contributed by atoms with Gasteiger partial charge in [0, 0.05) is 11.1 Å². The molecular formula is C17H24N2O4. The predicted octanol–water partition coefficient (Wildman–Crippen LogP) is 2.36. The Bertz CT molecular complexity index is 605. The molecule has 3 N–H and O–H groups in total. The van der Waals surface area contributed by atoms with Crippen molar-refractivity contribution in [2.45, 2.75) is 46.6 Å². The van der Waals surface area contributed by atoms with Crippen molar-refractivity contribution in [1.82, 2.24) is 5.32 Å². The number of benzene rings is 1. The van der Waals surface area contributed by atoms with Crippen LogP contribution in [0.4, 0.5) is 5.69 Å². The first-order chi connectivity index (χ1) is 10.5. The van der Waals surface area contributed by atoms with Crippen LogP contribution < -0.4 is 10.6 Å². The molecule has 0 fully saturated rings. The zero-order valence-corrected chi connectivity index (χ0v) is 14.1. The lowest BCUT2D eigenvalue weighted by atomic mass is 9.95. The third kappa shape index (κ3) is 5.39. The number of rotatable bonds is 5. The zero-order chi connectivity index (χ0) is 17.8. The monoisotopic (exact) mass is 320 g/mol. The summed E-state index contributed by atoms with van der Waals surface area (Å²) in [5.41, 5.74) is 0.518. The van der Waals surface area contributed by atoms with Gasteiger partial charge in [-0.25, -0.2) is 0 Å². The summed E-state index contributed by atoms with van der Waals surface area (Å²) in [6.45, 7) is 8.48. The number of hydrogen-bond donors (Lipinski definition) is 3. The van der Waals surface area contributed by atoms with Crippen LogP contribution in [0.15, 0.2) is 24.3 Å². The van der Waals surface area contributed by atoms with Crippen LogP contribution in [0.1, 0.15) is 46.1 Å². The Balaban J connectivity index is 2.76. The number of amides is 2. The highest BCUT2D eigenvalue weighted by molar-refractivity contribution is 5.97. The second kappa shape index (κ2) is 7.26. The van der Waals surface area contributed by atoms with Gasteiger partial charge in [0.25, 0.3) is 0 Å². The fourth-order valence-corrected chi connectivity index (χ4v) is 1.76. The van der Waals surface area contributed by atoms with Crippen molar-refractivity contribution in [3.05, 3.63) is 29.8 Å². The van der Waals surface area contributed by atoms with E-state index in [9.17, 15) is 14.4 Å². The first kappa shape index (κ1) is 18.7. The predicted molar refractivity (Wildman–Crippen MR) is 88.2 cm³/mol. The van der Waals surface area contributed by atoms with E-state index in [1.54, 1.807) is 58.9 Å². The molecule has 0 heterocycles. The average molecular weight is 320 g/mol. The summed E-state index contributed by atoms with van der Waals surface area (Å²) >= 11 is 0. The maximum Gasteiger partial charge on any atom is 0.310 e. The molecule has 0 aliphatic rings. The van der Waals surface area contributed by atoms with Crippen LogP contribution in [0.2, 0.25) is 0 Å². The summed E-state index contributed by atoms with van der Waals surface area (Å²) in [7, 11) is 0. The number of carbonyl (C=O) groups excluding carboxylic acids is 2.